The Morgan fingerprint density at radius 1 is 1.35 bits per heavy atom. The predicted molar refractivity (Wildman–Crippen MR) is 91.8 cm³/mol. The van der Waals surface area contributed by atoms with Gasteiger partial charge in [-0.3, -0.25) is 4.79 Å². The van der Waals surface area contributed by atoms with Gasteiger partial charge in [-0.1, -0.05) is 6.07 Å². The van der Waals surface area contributed by atoms with Crippen LogP contribution in [0.25, 0.3) is 6.08 Å². The molecule has 0 bridgehead atoms. The number of thiazole rings is 1. The van der Waals surface area contributed by atoms with Crippen molar-refractivity contribution in [2.75, 3.05) is 19.4 Å². The molecule has 122 valence electrons. The minimum Gasteiger partial charge on any atom is -0.322 e. The van der Waals surface area contributed by atoms with Crippen molar-refractivity contribution in [3.05, 3.63) is 46.4 Å². The van der Waals surface area contributed by atoms with Crippen molar-refractivity contribution in [2.45, 2.75) is 11.8 Å². The molecule has 0 unspecified atom stereocenters. The van der Waals surface area contributed by atoms with Crippen LogP contribution in [0.1, 0.15) is 10.7 Å². The van der Waals surface area contributed by atoms with E-state index in [1.54, 1.807) is 18.2 Å². The average Bonchev–Trinajstić information content (AvgIpc) is 2.91. The number of benzene rings is 1. The normalized spacial score (nSPS) is 12.0. The fourth-order valence-corrected chi connectivity index (χ4v) is 3.28. The Morgan fingerprint density at radius 3 is 2.70 bits per heavy atom. The summed E-state index contributed by atoms with van der Waals surface area (Å²) < 4.78 is 25.3. The molecular formula is C15H17N3O3S2. The maximum absolute atomic E-state index is 12.1. The van der Waals surface area contributed by atoms with Gasteiger partial charge in [-0.25, -0.2) is 17.7 Å². The summed E-state index contributed by atoms with van der Waals surface area (Å²) in [7, 11) is -0.617. The van der Waals surface area contributed by atoms with Gasteiger partial charge in [0.2, 0.25) is 15.9 Å². The third-order valence-corrected chi connectivity index (χ3v) is 5.53. The quantitative estimate of drug-likeness (QED) is 0.839. The van der Waals surface area contributed by atoms with Crippen LogP contribution in [0, 0.1) is 6.92 Å². The molecule has 1 heterocycles. The highest BCUT2D eigenvalue weighted by Gasteiger charge is 2.17. The van der Waals surface area contributed by atoms with E-state index in [1.165, 1.54) is 43.6 Å². The van der Waals surface area contributed by atoms with Crippen LogP contribution in [0.3, 0.4) is 0 Å². The maximum Gasteiger partial charge on any atom is 0.248 e. The summed E-state index contributed by atoms with van der Waals surface area (Å²) >= 11 is 1.50. The average molecular weight is 351 g/mol. The van der Waals surface area contributed by atoms with Gasteiger partial charge in [-0.2, -0.15) is 0 Å². The Balaban J connectivity index is 2.11. The van der Waals surface area contributed by atoms with E-state index in [9.17, 15) is 13.2 Å². The van der Waals surface area contributed by atoms with E-state index in [2.05, 4.69) is 10.3 Å². The van der Waals surface area contributed by atoms with E-state index >= 15 is 0 Å². The summed E-state index contributed by atoms with van der Waals surface area (Å²) in [5.41, 5.74) is 1.13. The van der Waals surface area contributed by atoms with Gasteiger partial charge >= 0.3 is 0 Å². The highest BCUT2D eigenvalue weighted by molar-refractivity contribution is 7.89. The molecule has 0 saturated carbocycles. The number of hydrogen-bond acceptors (Lipinski definition) is 5. The van der Waals surface area contributed by atoms with Gasteiger partial charge in [0.1, 0.15) is 0 Å². The number of amides is 1. The lowest BCUT2D eigenvalue weighted by atomic mass is 10.3. The summed E-state index contributed by atoms with van der Waals surface area (Å²) in [6, 6.07) is 6.12. The zero-order chi connectivity index (χ0) is 17.0. The van der Waals surface area contributed by atoms with Crippen molar-refractivity contribution >= 4 is 39.0 Å². The van der Waals surface area contributed by atoms with Gasteiger partial charge in [0.15, 0.2) is 0 Å². The van der Waals surface area contributed by atoms with Gasteiger partial charge in [0, 0.05) is 31.2 Å². The number of hydrogen-bond donors (Lipinski definition) is 1. The van der Waals surface area contributed by atoms with Crippen molar-refractivity contribution in [3.8, 4) is 0 Å². The van der Waals surface area contributed by atoms with Gasteiger partial charge in [-0.15, -0.1) is 11.3 Å². The molecule has 1 aromatic carbocycles. The first kappa shape index (κ1) is 17.3. The van der Waals surface area contributed by atoms with Crippen molar-refractivity contribution < 1.29 is 13.2 Å². The minimum absolute atomic E-state index is 0.124. The molecule has 0 aliphatic rings. The Hall–Kier alpha value is -2.03. The third-order valence-electron chi connectivity index (χ3n) is 2.92. The fourth-order valence-electron chi connectivity index (χ4n) is 1.75. The number of sulfonamides is 1. The summed E-state index contributed by atoms with van der Waals surface area (Å²) in [5, 5.41) is 5.41. The van der Waals surface area contributed by atoms with Crippen molar-refractivity contribution in [1.29, 1.82) is 0 Å². The monoisotopic (exact) mass is 351 g/mol. The van der Waals surface area contributed by atoms with E-state index in [0.29, 0.717) is 11.4 Å². The van der Waals surface area contributed by atoms with Gasteiger partial charge < -0.3 is 5.32 Å². The molecule has 0 atom stereocenters. The highest BCUT2D eigenvalue weighted by atomic mass is 32.2. The van der Waals surface area contributed by atoms with Crippen LogP contribution in [0.4, 0.5) is 5.69 Å². The molecular weight excluding hydrogens is 334 g/mol. The molecule has 0 fully saturated rings. The molecule has 0 aliphatic carbocycles. The largest absolute Gasteiger partial charge is 0.322 e. The highest BCUT2D eigenvalue weighted by Crippen LogP contribution is 2.18. The first-order chi connectivity index (χ1) is 10.8. The SMILES string of the molecule is Cc1nc(/C=C/C(=O)Nc2cccc(S(=O)(=O)N(C)C)c2)cs1. The topological polar surface area (TPSA) is 79.4 Å². The molecule has 1 aromatic heterocycles. The van der Waals surface area contributed by atoms with Crippen LogP contribution >= 0.6 is 11.3 Å². The van der Waals surface area contributed by atoms with Crippen LogP contribution in [-0.4, -0.2) is 37.7 Å². The second-order valence-corrected chi connectivity index (χ2v) is 8.14. The van der Waals surface area contributed by atoms with Crippen molar-refractivity contribution in [2.24, 2.45) is 0 Å². The fraction of sp³-hybridized carbons (Fsp3) is 0.200. The van der Waals surface area contributed by atoms with E-state index in [4.69, 9.17) is 0 Å². The van der Waals surface area contributed by atoms with Gasteiger partial charge in [0.25, 0.3) is 0 Å². The molecule has 1 amide bonds. The van der Waals surface area contributed by atoms with E-state index in [0.717, 1.165) is 9.31 Å². The molecule has 0 aliphatic heterocycles. The van der Waals surface area contributed by atoms with Crippen LogP contribution in [0.2, 0.25) is 0 Å². The molecule has 8 heteroatoms. The number of aromatic nitrogens is 1. The van der Waals surface area contributed by atoms with Crippen LogP contribution in [0.5, 0.6) is 0 Å². The smallest absolute Gasteiger partial charge is 0.248 e. The molecule has 2 rings (SSSR count). The van der Waals surface area contributed by atoms with Crippen LogP contribution in [0.15, 0.2) is 40.6 Å². The second kappa shape index (κ2) is 7.03. The number of rotatable bonds is 5. The molecule has 0 saturated heterocycles. The maximum atomic E-state index is 12.1. The molecule has 0 spiro atoms. The molecule has 1 N–H and O–H groups in total. The van der Waals surface area contributed by atoms with Crippen molar-refractivity contribution in [1.82, 2.24) is 9.29 Å². The third kappa shape index (κ3) is 4.47. The van der Waals surface area contributed by atoms with Crippen LogP contribution in [-0.2, 0) is 14.8 Å². The summed E-state index contributed by atoms with van der Waals surface area (Å²) in [6.07, 6.45) is 2.97. The number of carbonyl (C=O) groups excluding carboxylic acids is 1. The summed E-state index contributed by atoms with van der Waals surface area (Å²) in [5.74, 6) is -0.352. The van der Waals surface area contributed by atoms with E-state index in [1.807, 2.05) is 12.3 Å². The Morgan fingerprint density at radius 2 is 2.09 bits per heavy atom. The zero-order valence-corrected chi connectivity index (χ0v) is 14.6. The van der Waals surface area contributed by atoms with Crippen molar-refractivity contribution in [3.63, 3.8) is 0 Å². The zero-order valence-electron chi connectivity index (χ0n) is 13.0. The lowest BCUT2D eigenvalue weighted by Gasteiger charge is -2.12. The molecule has 23 heavy (non-hydrogen) atoms. The standard InChI is InChI=1S/C15H17N3O3S2/c1-11-16-13(10-22-11)7-8-15(19)17-12-5-4-6-14(9-12)23(20,21)18(2)3/h4-10H,1-3H3,(H,17,19)/b8-7+. The molecule has 0 radical (unpaired) electrons. The number of nitrogens with zero attached hydrogens (tertiary/aromatic N) is 2. The molecule has 6 nitrogen and oxygen atoms in total. The van der Waals surface area contributed by atoms with E-state index < -0.39 is 10.0 Å². The first-order valence-corrected chi connectivity index (χ1v) is 9.05. The van der Waals surface area contributed by atoms with E-state index in [-0.39, 0.29) is 10.8 Å². The lowest BCUT2D eigenvalue weighted by Crippen LogP contribution is -2.22. The van der Waals surface area contributed by atoms with Gasteiger partial charge in [-0.05, 0) is 31.2 Å². The minimum atomic E-state index is -3.53. The Bertz CT molecular complexity index is 839. The second-order valence-electron chi connectivity index (χ2n) is 4.93. The Kier molecular flexibility index (Phi) is 5.30. The molecule has 2 aromatic rings. The first-order valence-electron chi connectivity index (χ1n) is 6.73. The predicted octanol–water partition coefficient (Wildman–Crippen LogP) is 2.35. The summed E-state index contributed by atoms with van der Waals surface area (Å²) in [4.78, 5) is 16.3. The van der Waals surface area contributed by atoms with Gasteiger partial charge in [0.05, 0.1) is 15.6 Å². The number of nitrogens with one attached hydrogen (secondary N) is 1. The Labute approximate surface area is 139 Å². The number of anilines is 1. The van der Waals surface area contributed by atoms with Crippen LogP contribution < -0.4 is 5.32 Å². The summed E-state index contributed by atoms with van der Waals surface area (Å²) in [6.45, 7) is 1.89. The lowest BCUT2D eigenvalue weighted by molar-refractivity contribution is -0.111. The number of aryl methyl sites for hydroxylation is 1. The number of carbonyl (C=O) groups is 1.